The number of aromatic nitrogens is 4. The Balaban J connectivity index is 1.67. The summed E-state index contributed by atoms with van der Waals surface area (Å²) in [5, 5.41) is 10.3. The number of aryl methyl sites for hydroxylation is 1. The number of para-hydroxylation sites is 1. The summed E-state index contributed by atoms with van der Waals surface area (Å²) >= 11 is 1.69. The van der Waals surface area contributed by atoms with Crippen LogP contribution in [0.15, 0.2) is 34.2 Å². The highest BCUT2D eigenvalue weighted by Gasteiger charge is 2.17. The van der Waals surface area contributed by atoms with E-state index in [-0.39, 0.29) is 5.56 Å². The third kappa shape index (κ3) is 3.74. The van der Waals surface area contributed by atoms with Crippen LogP contribution in [0.2, 0.25) is 0 Å². The lowest BCUT2D eigenvalue weighted by molar-refractivity contribution is 0.0410. The quantitative estimate of drug-likeness (QED) is 0.580. The van der Waals surface area contributed by atoms with Crippen molar-refractivity contribution in [2.75, 3.05) is 38.6 Å². The zero-order valence-corrected chi connectivity index (χ0v) is 16.5. The maximum absolute atomic E-state index is 12.9. The Hall–Kier alpha value is -1.90. The van der Waals surface area contributed by atoms with Gasteiger partial charge in [-0.2, -0.15) is 0 Å². The molecule has 27 heavy (non-hydrogen) atoms. The summed E-state index contributed by atoms with van der Waals surface area (Å²) in [5.41, 5.74) is 0.896. The lowest BCUT2D eigenvalue weighted by Crippen LogP contribution is -2.37. The van der Waals surface area contributed by atoms with Gasteiger partial charge in [0.05, 0.1) is 24.1 Å². The third-order valence-corrected chi connectivity index (χ3v) is 5.86. The minimum absolute atomic E-state index is 0.0174. The maximum Gasteiger partial charge on any atom is 0.262 e. The normalized spacial score (nSPS) is 15.7. The van der Waals surface area contributed by atoms with Crippen molar-refractivity contribution >= 4 is 28.4 Å². The van der Waals surface area contributed by atoms with Crippen molar-refractivity contribution < 1.29 is 4.74 Å². The van der Waals surface area contributed by atoms with Gasteiger partial charge >= 0.3 is 0 Å². The lowest BCUT2D eigenvalue weighted by atomic mass is 10.2. The molecule has 4 rings (SSSR count). The zero-order valence-electron chi connectivity index (χ0n) is 15.6. The minimum atomic E-state index is 0.0174. The molecule has 0 radical (unpaired) electrons. The van der Waals surface area contributed by atoms with Gasteiger partial charge in [0.15, 0.2) is 5.16 Å². The fourth-order valence-corrected chi connectivity index (χ4v) is 4.38. The molecule has 144 valence electrons. The number of benzene rings is 1. The van der Waals surface area contributed by atoms with Crippen LogP contribution in [0.5, 0.6) is 0 Å². The van der Waals surface area contributed by atoms with E-state index in [1.807, 2.05) is 28.7 Å². The Bertz CT molecular complexity index is 977. The number of rotatable bonds is 7. The van der Waals surface area contributed by atoms with E-state index in [2.05, 4.69) is 22.0 Å². The van der Waals surface area contributed by atoms with Gasteiger partial charge < -0.3 is 4.74 Å². The summed E-state index contributed by atoms with van der Waals surface area (Å²) in [6.07, 6.45) is 1.97. The smallest absolute Gasteiger partial charge is 0.262 e. The molecule has 8 heteroatoms. The topological polar surface area (TPSA) is 64.7 Å². The van der Waals surface area contributed by atoms with Crippen LogP contribution in [0.1, 0.15) is 19.8 Å². The minimum Gasteiger partial charge on any atom is -0.379 e. The fraction of sp³-hybridized carbons (Fsp3) is 0.526. The number of unbranched alkanes of at least 4 members (excludes halogenated alkanes) is 1. The first-order valence-electron chi connectivity index (χ1n) is 9.59. The molecular weight excluding hydrogens is 362 g/mol. The number of morpholine rings is 1. The number of thioether (sulfide) groups is 1. The molecule has 0 amide bonds. The number of hydrogen-bond donors (Lipinski definition) is 0. The first-order chi connectivity index (χ1) is 13.3. The first-order valence-corrected chi connectivity index (χ1v) is 10.6. The molecule has 1 fully saturated rings. The highest BCUT2D eigenvalue weighted by atomic mass is 32.2. The summed E-state index contributed by atoms with van der Waals surface area (Å²) in [7, 11) is 0. The molecule has 0 saturated carbocycles. The predicted octanol–water partition coefficient (Wildman–Crippen LogP) is 2.27. The third-order valence-electron chi connectivity index (χ3n) is 4.96. The highest BCUT2D eigenvalue weighted by Crippen LogP contribution is 2.22. The van der Waals surface area contributed by atoms with Crippen molar-refractivity contribution in [3.8, 4) is 0 Å². The number of ether oxygens (including phenoxy) is 1. The molecule has 0 atom stereocenters. The summed E-state index contributed by atoms with van der Waals surface area (Å²) in [6.45, 7) is 7.39. The molecule has 0 N–H and O–H groups in total. The number of fused-ring (bicyclic) bond motifs is 3. The van der Waals surface area contributed by atoms with E-state index in [9.17, 15) is 4.79 Å². The van der Waals surface area contributed by atoms with Crippen molar-refractivity contribution in [2.24, 2.45) is 0 Å². The maximum atomic E-state index is 12.9. The van der Waals surface area contributed by atoms with E-state index in [0.29, 0.717) is 12.3 Å². The van der Waals surface area contributed by atoms with Crippen LogP contribution < -0.4 is 5.56 Å². The van der Waals surface area contributed by atoms with Crippen LogP contribution in [0.25, 0.3) is 16.7 Å². The molecule has 3 aromatic rings. The molecule has 0 aliphatic carbocycles. The molecule has 0 bridgehead atoms. The number of nitrogens with zero attached hydrogens (tertiary/aromatic N) is 5. The average Bonchev–Trinajstić information content (AvgIpc) is 3.13. The van der Waals surface area contributed by atoms with Crippen molar-refractivity contribution in [1.82, 2.24) is 24.1 Å². The molecule has 1 aromatic carbocycles. The van der Waals surface area contributed by atoms with Gasteiger partial charge in [-0.1, -0.05) is 37.2 Å². The predicted molar refractivity (Wildman–Crippen MR) is 108 cm³/mol. The second-order valence-corrected chi connectivity index (χ2v) is 7.81. The monoisotopic (exact) mass is 387 g/mol. The first kappa shape index (κ1) is 18.5. The van der Waals surface area contributed by atoms with E-state index in [1.54, 1.807) is 16.3 Å². The molecule has 0 unspecified atom stereocenters. The molecule has 7 nitrogen and oxygen atoms in total. The van der Waals surface area contributed by atoms with Gasteiger partial charge in [0.25, 0.3) is 5.56 Å². The number of hydrogen-bond acceptors (Lipinski definition) is 6. The van der Waals surface area contributed by atoms with Crippen molar-refractivity contribution in [2.45, 2.75) is 31.5 Å². The van der Waals surface area contributed by atoms with E-state index in [0.717, 1.165) is 67.5 Å². The van der Waals surface area contributed by atoms with Crippen molar-refractivity contribution in [3.63, 3.8) is 0 Å². The van der Waals surface area contributed by atoms with Crippen molar-refractivity contribution in [3.05, 3.63) is 34.6 Å². The van der Waals surface area contributed by atoms with Gasteiger partial charge in [-0.3, -0.25) is 18.7 Å². The SMILES string of the molecule is CCCCn1c(=O)c2ccccc2n2c(SCCN3CCOCC3)nnc12. The molecule has 1 aliphatic rings. The molecular formula is C19H25N5O2S. The molecule has 1 aliphatic heterocycles. The molecule has 0 spiro atoms. The van der Waals surface area contributed by atoms with Gasteiger partial charge in [0.1, 0.15) is 0 Å². The fourth-order valence-electron chi connectivity index (χ4n) is 3.44. The van der Waals surface area contributed by atoms with E-state index in [1.165, 1.54) is 0 Å². The van der Waals surface area contributed by atoms with E-state index in [4.69, 9.17) is 4.74 Å². The Kier molecular flexibility index (Phi) is 5.75. The largest absolute Gasteiger partial charge is 0.379 e. The van der Waals surface area contributed by atoms with Crippen LogP contribution in [0, 0.1) is 0 Å². The van der Waals surface area contributed by atoms with Crippen LogP contribution >= 0.6 is 11.8 Å². The van der Waals surface area contributed by atoms with Gasteiger partial charge in [-0.25, -0.2) is 0 Å². The van der Waals surface area contributed by atoms with E-state index < -0.39 is 0 Å². The molecule has 1 saturated heterocycles. The standard InChI is InChI=1S/C19H25N5O2S/c1-2-3-8-23-17(25)15-6-4-5-7-16(15)24-18(23)20-21-19(24)27-14-11-22-9-12-26-13-10-22/h4-7H,2-3,8-14H2,1H3. The van der Waals surface area contributed by atoms with Gasteiger partial charge in [0, 0.05) is 31.9 Å². The summed E-state index contributed by atoms with van der Waals surface area (Å²) in [4.78, 5) is 15.3. The second kappa shape index (κ2) is 8.41. The van der Waals surface area contributed by atoms with Crippen LogP contribution in [0.3, 0.4) is 0 Å². The molecule has 3 heterocycles. The highest BCUT2D eigenvalue weighted by molar-refractivity contribution is 7.99. The Morgan fingerprint density at radius 2 is 1.96 bits per heavy atom. The summed E-state index contributed by atoms with van der Waals surface area (Å²) in [5.74, 6) is 1.57. The molecule has 2 aromatic heterocycles. The average molecular weight is 388 g/mol. The Morgan fingerprint density at radius 3 is 2.78 bits per heavy atom. The summed E-state index contributed by atoms with van der Waals surface area (Å²) in [6, 6.07) is 7.74. The van der Waals surface area contributed by atoms with Crippen molar-refractivity contribution in [1.29, 1.82) is 0 Å². The van der Waals surface area contributed by atoms with Gasteiger partial charge in [0.2, 0.25) is 5.78 Å². The van der Waals surface area contributed by atoms with E-state index >= 15 is 0 Å². The van der Waals surface area contributed by atoms with Gasteiger partial charge in [-0.15, -0.1) is 10.2 Å². The lowest BCUT2D eigenvalue weighted by Gasteiger charge is -2.26. The van der Waals surface area contributed by atoms with Crippen LogP contribution in [0.4, 0.5) is 0 Å². The zero-order chi connectivity index (χ0) is 18.6. The van der Waals surface area contributed by atoms with Crippen LogP contribution in [-0.2, 0) is 11.3 Å². The Morgan fingerprint density at radius 1 is 1.15 bits per heavy atom. The summed E-state index contributed by atoms with van der Waals surface area (Å²) < 4.78 is 9.21. The second-order valence-electron chi connectivity index (χ2n) is 6.75. The van der Waals surface area contributed by atoms with Crippen LogP contribution in [-0.4, -0.2) is 62.7 Å². The Labute approximate surface area is 162 Å². The van der Waals surface area contributed by atoms with Gasteiger partial charge in [-0.05, 0) is 18.6 Å².